The number of hydrogen-bond acceptors (Lipinski definition) is 12. The molecule has 1 unspecified atom stereocenters. The molecule has 2 heterocycles. The average molecular weight is 649 g/mol. The van der Waals surface area contributed by atoms with Crippen LogP contribution in [0.4, 0.5) is 0 Å². The van der Waals surface area contributed by atoms with Gasteiger partial charge >= 0.3 is 0 Å². The van der Waals surface area contributed by atoms with Crippen molar-refractivity contribution in [2.75, 3.05) is 66.1 Å². The van der Waals surface area contributed by atoms with E-state index in [0.29, 0.717) is 33.0 Å². The van der Waals surface area contributed by atoms with Gasteiger partial charge in [0.05, 0.1) is 75.5 Å². The molecule has 0 saturated carbocycles. The molecule has 1 fully saturated rings. The van der Waals surface area contributed by atoms with E-state index in [9.17, 15) is 27.6 Å². The number of carbonyl (C=O) groups excluding carboxylic acids is 4. The Morgan fingerprint density at radius 3 is 1.93 bits per heavy atom. The van der Waals surface area contributed by atoms with E-state index < -0.39 is 39.8 Å². The van der Waals surface area contributed by atoms with Crippen molar-refractivity contribution in [1.82, 2.24) is 10.2 Å². The number of benzene rings is 2. The Morgan fingerprint density at radius 2 is 1.33 bits per heavy atom. The third kappa shape index (κ3) is 9.39. The molecule has 45 heavy (non-hydrogen) atoms. The second kappa shape index (κ2) is 16.5. The summed E-state index contributed by atoms with van der Waals surface area (Å²) >= 11 is 0. The molecule has 1 N–H and O–H groups in total. The van der Waals surface area contributed by atoms with Crippen molar-refractivity contribution in [3.63, 3.8) is 0 Å². The number of fused-ring (bicyclic) bond motifs is 1. The monoisotopic (exact) mass is 648 g/mol. The first-order valence-electron chi connectivity index (χ1n) is 14.4. The van der Waals surface area contributed by atoms with Crippen LogP contribution >= 0.6 is 0 Å². The number of rotatable bonds is 19. The van der Waals surface area contributed by atoms with Crippen LogP contribution in [0.25, 0.3) is 0 Å². The van der Waals surface area contributed by atoms with Crippen molar-refractivity contribution in [2.45, 2.75) is 30.7 Å². The summed E-state index contributed by atoms with van der Waals surface area (Å²) in [5.41, 5.74) is 1.18. The second-order valence-electron chi connectivity index (χ2n) is 10.0. The third-order valence-electron chi connectivity index (χ3n) is 6.81. The molecule has 244 valence electrons. The number of nitrogens with zero attached hydrogens (tertiary/aromatic N) is 1. The molecule has 4 amide bonds. The fourth-order valence-electron chi connectivity index (χ4n) is 4.55. The van der Waals surface area contributed by atoms with E-state index in [2.05, 4.69) is 5.32 Å². The summed E-state index contributed by atoms with van der Waals surface area (Å²) in [6.07, 6.45) is 0.115. The molecule has 0 aromatic heterocycles. The maximum atomic E-state index is 13.1. The van der Waals surface area contributed by atoms with Crippen molar-refractivity contribution in [1.29, 1.82) is 0 Å². The normalized spacial score (nSPS) is 16.6. The van der Waals surface area contributed by atoms with Crippen molar-refractivity contribution in [2.24, 2.45) is 0 Å². The fourth-order valence-corrected chi connectivity index (χ4v) is 5.45. The summed E-state index contributed by atoms with van der Waals surface area (Å²) in [6, 6.07) is 10.00. The van der Waals surface area contributed by atoms with E-state index in [1.165, 1.54) is 18.2 Å². The van der Waals surface area contributed by atoms with Gasteiger partial charge in [0, 0.05) is 6.42 Å². The molecule has 2 aromatic rings. The predicted molar refractivity (Wildman–Crippen MR) is 156 cm³/mol. The first-order chi connectivity index (χ1) is 21.7. The Labute approximate surface area is 261 Å². The molecular formula is C30H36N2O12S. The maximum absolute atomic E-state index is 13.1. The van der Waals surface area contributed by atoms with Crippen LogP contribution in [0.5, 0.6) is 5.75 Å². The summed E-state index contributed by atoms with van der Waals surface area (Å²) in [5, 5.41) is 2.17. The lowest BCUT2D eigenvalue weighted by Gasteiger charge is -2.27. The lowest BCUT2D eigenvalue weighted by Crippen LogP contribution is -2.54. The molecule has 4 rings (SSSR count). The van der Waals surface area contributed by atoms with Crippen LogP contribution < -0.4 is 10.1 Å². The van der Waals surface area contributed by atoms with Gasteiger partial charge in [-0.2, -0.15) is 8.42 Å². The van der Waals surface area contributed by atoms with Crippen LogP contribution in [0.3, 0.4) is 0 Å². The quantitative estimate of drug-likeness (QED) is 0.131. The number of carbonyl (C=O) groups is 4. The molecule has 1 atom stereocenters. The zero-order chi connectivity index (χ0) is 32.2. The lowest BCUT2D eigenvalue weighted by atomic mass is 10.0. The molecule has 14 nitrogen and oxygen atoms in total. The maximum Gasteiger partial charge on any atom is 0.297 e. The summed E-state index contributed by atoms with van der Waals surface area (Å²) < 4.78 is 56.5. The van der Waals surface area contributed by atoms with Gasteiger partial charge in [0.15, 0.2) is 0 Å². The van der Waals surface area contributed by atoms with Crippen molar-refractivity contribution in [3.05, 3.63) is 59.2 Å². The Balaban J connectivity index is 1.01. The highest BCUT2D eigenvalue weighted by Gasteiger charge is 2.46. The SMILES string of the molecule is Cc1ccc(S(=O)(=O)OCCOCCOCCOCCOCCOc2cccc3c2C(=O)N(C2CCC(=O)NC2=O)C3=O)cc1. The van der Waals surface area contributed by atoms with Crippen molar-refractivity contribution in [3.8, 4) is 5.75 Å². The van der Waals surface area contributed by atoms with Gasteiger partial charge in [0.25, 0.3) is 21.9 Å². The van der Waals surface area contributed by atoms with Gasteiger partial charge in [-0.05, 0) is 37.6 Å². The molecule has 0 aliphatic carbocycles. The zero-order valence-electron chi connectivity index (χ0n) is 24.9. The highest BCUT2D eigenvalue weighted by Crippen LogP contribution is 2.33. The Bertz CT molecular complexity index is 1460. The minimum atomic E-state index is -3.81. The number of ether oxygens (including phenoxy) is 5. The Morgan fingerprint density at radius 1 is 0.756 bits per heavy atom. The van der Waals surface area contributed by atoms with E-state index in [1.807, 2.05) is 6.92 Å². The first kappa shape index (κ1) is 34.1. The molecule has 2 aromatic carbocycles. The third-order valence-corrected chi connectivity index (χ3v) is 8.13. The minimum Gasteiger partial charge on any atom is -0.490 e. The Hall–Kier alpha value is -3.73. The fraction of sp³-hybridized carbons (Fsp3) is 0.467. The summed E-state index contributed by atoms with van der Waals surface area (Å²) in [7, 11) is -3.81. The molecule has 15 heteroatoms. The van der Waals surface area contributed by atoms with E-state index >= 15 is 0 Å². The van der Waals surface area contributed by atoms with Gasteiger partial charge < -0.3 is 23.7 Å². The van der Waals surface area contributed by atoms with E-state index in [0.717, 1.165) is 10.5 Å². The van der Waals surface area contributed by atoms with E-state index in [-0.39, 0.29) is 67.6 Å². The topological polar surface area (TPSA) is 173 Å². The van der Waals surface area contributed by atoms with Crippen LogP contribution in [-0.4, -0.2) is 109 Å². The van der Waals surface area contributed by atoms with Crippen LogP contribution in [0.2, 0.25) is 0 Å². The molecule has 0 bridgehead atoms. The highest BCUT2D eigenvalue weighted by atomic mass is 32.2. The number of nitrogens with one attached hydrogen (secondary N) is 1. The van der Waals surface area contributed by atoms with E-state index in [4.69, 9.17) is 27.9 Å². The summed E-state index contributed by atoms with van der Waals surface area (Å²) in [6.45, 7) is 4.07. The molecule has 2 aliphatic heterocycles. The first-order valence-corrected chi connectivity index (χ1v) is 15.8. The number of imide groups is 2. The van der Waals surface area contributed by atoms with Gasteiger partial charge in [-0.1, -0.05) is 23.8 Å². The average Bonchev–Trinajstić information content (AvgIpc) is 3.27. The van der Waals surface area contributed by atoms with Crippen LogP contribution in [0, 0.1) is 6.92 Å². The van der Waals surface area contributed by atoms with Crippen LogP contribution in [0.15, 0.2) is 47.4 Å². The molecule has 0 radical (unpaired) electrons. The van der Waals surface area contributed by atoms with Crippen molar-refractivity contribution < 1.29 is 55.5 Å². The lowest BCUT2D eigenvalue weighted by molar-refractivity contribution is -0.136. The van der Waals surface area contributed by atoms with Gasteiger partial charge in [0.2, 0.25) is 11.8 Å². The van der Waals surface area contributed by atoms with Gasteiger partial charge in [-0.25, -0.2) is 0 Å². The smallest absolute Gasteiger partial charge is 0.297 e. The molecular weight excluding hydrogens is 612 g/mol. The minimum absolute atomic E-state index is 0.0414. The van der Waals surface area contributed by atoms with Crippen molar-refractivity contribution >= 4 is 33.7 Å². The number of hydrogen-bond donors (Lipinski definition) is 1. The Kier molecular flexibility index (Phi) is 12.6. The summed E-state index contributed by atoms with van der Waals surface area (Å²) in [5.74, 6) is -2.14. The summed E-state index contributed by atoms with van der Waals surface area (Å²) in [4.78, 5) is 50.7. The number of aryl methyl sites for hydroxylation is 1. The van der Waals surface area contributed by atoms with Crippen LogP contribution in [0.1, 0.15) is 39.1 Å². The second-order valence-corrected chi connectivity index (χ2v) is 11.6. The number of amides is 4. The standard InChI is InChI=1S/C30H36N2O12S/c1-21-5-7-22(8-6-21)45(37,38)44-20-18-42-16-14-40-12-11-39-13-15-41-17-19-43-25-4-2-3-23-27(25)30(36)32(29(23)35)24-9-10-26(33)31-28(24)34/h2-8,24H,9-20H2,1H3,(H,31,33,34). The molecule has 1 saturated heterocycles. The number of piperidine rings is 1. The van der Waals surface area contributed by atoms with Crippen LogP contribution in [-0.2, 0) is 42.8 Å². The largest absolute Gasteiger partial charge is 0.490 e. The highest BCUT2D eigenvalue weighted by molar-refractivity contribution is 7.86. The van der Waals surface area contributed by atoms with Gasteiger partial charge in [0.1, 0.15) is 18.4 Å². The predicted octanol–water partition coefficient (Wildman–Crippen LogP) is 1.25. The van der Waals surface area contributed by atoms with E-state index in [1.54, 1.807) is 24.3 Å². The zero-order valence-corrected chi connectivity index (χ0v) is 25.7. The van der Waals surface area contributed by atoms with Gasteiger partial charge in [-0.15, -0.1) is 0 Å². The molecule has 0 spiro atoms. The molecule has 2 aliphatic rings. The van der Waals surface area contributed by atoms with Gasteiger partial charge in [-0.3, -0.25) is 33.6 Å².